The number of rotatable bonds is 2. The quantitative estimate of drug-likeness (QED) is 0.331. The van der Waals surface area contributed by atoms with Crippen LogP contribution in [0.3, 0.4) is 0 Å². The lowest BCUT2D eigenvalue weighted by atomic mass is 10.1. The first-order valence-corrected chi connectivity index (χ1v) is 8.74. The zero-order chi connectivity index (χ0) is 25.4. The Hall–Kier alpha value is -3.69. The van der Waals surface area contributed by atoms with Crippen molar-refractivity contribution < 1.29 is 51.1 Å². The Bertz CT molecular complexity index is 968. The van der Waals surface area contributed by atoms with Crippen LogP contribution in [0.2, 0.25) is 0 Å². The highest BCUT2D eigenvalue weighted by molar-refractivity contribution is 5.97. The van der Waals surface area contributed by atoms with Gasteiger partial charge in [0.2, 0.25) is 0 Å². The van der Waals surface area contributed by atoms with Gasteiger partial charge < -0.3 is 20.4 Å². The summed E-state index contributed by atoms with van der Waals surface area (Å²) < 4.78 is 63.5. The van der Waals surface area contributed by atoms with E-state index in [1.54, 1.807) is 30.5 Å². The van der Waals surface area contributed by atoms with Gasteiger partial charge in [0, 0.05) is 38.4 Å². The highest BCUT2D eigenvalue weighted by Gasteiger charge is 2.38. The van der Waals surface area contributed by atoms with Crippen molar-refractivity contribution in [2.24, 2.45) is 0 Å². The largest absolute Gasteiger partial charge is 0.490 e. The molecule has 0 bridgehead atoms. The van der Waals surface area contributed by atoms with Crippen LogP contribution in [0.15, 0.2) is 30.5 Å². The smallest absolute Gasteiger partial charge is 0.475 e. The number of aliphatic carboxylic acids is 2. The van der Waals surface area contributed by atoms with E-state index in [9.17, 15) is 36.5 Å². The standard InChI is InChI=1S/C13H14N4O2.2C2HF3O2/c18-17(19)11-3-4-12(16-8-6-14-7-9-16)13-10(11)2-1-5-15-13;2*3-2(4,5)1(6)7/h1-5,14H,6-9H2;2*(H,6,7). The predicted octanol–water partition coefficient (Wildman–Crippen LogP) is 2.82. The van der Waals surface area contributed by atoms with Crippen LogP contribution >= 0.6 is 0 Å². The van der Waals surface area contributed by atoms with Crippen LogP contribution < -0.4 is 10.2 Å². The number of halogens is 6. The van der Waals surface area contributed by atoms with Gasteiger partial charge in [-0.15, -0.1) is 0 Å². The van der Waals surface area contributed by atoms with Crippen molar-refractivity contribution in [1.82, 2.24) is 10.3 Å². The Balaban J connectivity index is 0.000000324. The molecule has 1 aliphatic rings. The summed E-state index contributed by atoms with van der Waals surface area (Å²) in [6.45, 7) is 3.63. The van der Waals surface area contributed by atoms with Gasteiger partial charge in [0.25, 0.3) is 5.69 Å². The van der Waals surface area contributed by atoms with E-state index in [0.29, 0.717) is 10.9 Å². The molecule has 0 amide bonds. The number of carboxylic acid groups (broad SMARTS) is 2. The summed E-state index contributed by atoms with van der Waals surface area (Å²) in [5, 5.41) is 29.2. The molecule has 3 N–H and O–H groups in total. The Kier molecular flexibility index (Phi) is 9.33. The van der Waals surface area contributed by atoms with Crippen LogP contribution in [0.5, 0.6) is 0 Å². The third-order valence-corrected chi connectivity index (χ3v) is 3.86. The lowest BCUT2D eigenvalue weighted by Gasteiger charge is -2.29. The molecule has 1 saturated heterocycles. The summed E-state index contributed by atoms with van der Waals surface area (Å²) >= 11 is 0. The number of pyridine rings is 1. The maximum absolute atomic E-state index is 11.1. The normalized spacial score (nSPS) is 13.8. The van der Waals surface area contributed by atoms with Crippen molar-refractivity contribution in [3.63, 3.8) is 0 Å². The number of alkyl halides is 6. The van der Waals surface area contributed by atoms with Crippen molar-refractivity contribution in [3.8, 4) is 0 Å². The van der Waals surface area contributed by atoms with Gasteiger partial charge in [0.05, 0.1) is 16.0 Å². The number of benzene rings is 1. The van der Waals surface area contributed by atoms with Gasteiger partial charge in [-0.1, -0.05) is 0 Å². The second-order valence-corrected chi connectivity index (χ2v) is 6.10. The van der Waals surface area contributed by atoms with Crippen LogP contribution in [0.25, 0.3) is 10.9 Å². The molecule has 10 nitrogen and oxygen atoms in total. The molecule has 3 rings (SSSR count). The van der Waals surface area contributed by atoms with Gasteiger partial charge in [-0.25, -0.2) is 9.59 Å². The first kappa shape index (κ1) is 27.3. The van der Waals surface area contributed by atoms with E-state index in [2.05, 4.69) is 15.2 Å². The van der Waals surface area contributed by atoms with Gasteiger partial charge in [-0.05, 0) is 18.2 Å². The monoisotopic (exact) mass is 486 g/mol. The van der Waals surface area contributed by atoms with E-state index >= 15 is 0 Å². The summed E-state index contributed by atoms with van der Waals surface area (Å²) in [4.78, 5) is 35.0. The molecular weight excluding hydrogens is 470 g/mol. The third-order valence-electron chi connectivity index (χ3n) is 3.86. The van der Waals surface area contributed by atoms with Crippen molar-refractivity contribution in [1.29, 1.82) is 0 Å². The highest BCUT2D eigenvalue weighted by atomic mass is 19.4. The maximum Gasteiger partial charge on any atom is 0.490 e. The first-order chi connectivity index (χ1) is 15.2. The minimum atomic E-state index is -5.08. The minimum Gasteiger partial charge on any atom is -0.475 e. The van der Waals surface area contributed by atoms with Gasteiger partial charge in [0.1, 0.15) is 5.52 Å². The van der Waals surface area contributed by atoms with E-state index < -0.39 is 24.3 Å². The second-order valence-electron chi connectivity index (χ2n) is 6.10. The number of piperazine rings is 1. The fourth-order valence-electron chi connectivity index (χ4n) is 2.46. The van der Waals surface area contributed by atoms with Crippen LogP contribution in [0, 0.1) is 10.1 Å². The molecule has 1 aliphatic heterocycles. The Labute approximate surface area is 180 Å². The van der Waals surface area contributed by atoms with Crippen LogP contribution in [0.1, 0.15) is 0 Å². The number of non-ortho nitro benzene ring substituents is 1. The van der Waals surface area contributed by atoms with Gasteiger partial charge in [0.15, 0.2) is 0 Å². The first-order valence-electron chi connectivity index (χ1n) is 8.74. The van der Waals surface area contributed by atoms with Gasteiger partial charge in [-0.2, -0.15) is 26.3 Å². The number of hydrogen-bond donors (Lipinski definition) is 3. The molecule has 16 heteroatoms. The Morgan fingerprint density at radius 1 is 1.00 bits per heavy atom. The van der Waals surface area contributed by atoms with E-state index in [-0.39, 0.29) is 10.6 Å². The molecule has 0 spiro atoms. The van der Waals surface area contributed by atoms with E-state index in [1.165, 1.54) is 0 Å². The number of carbonyl (C=O) groups is 2. The fraction of sp³-hybridized carbons (Fsp3) is 0.353. The number of aromatic nitrogens is 1. The van der Waals surface area contributed by atoms with Crippen molar-refractivity contribution >= 4 is 34.2 Å². The molecule has 0 saturated carbocycles. The molecule has 1 fully saturated rings. The molecule has 1 aromatic heterocycles. The number of carboxylic acids is 2. The Morgan fingerprint density at radius 2 is 1.48 bits per heavy atom. The zero-order valence-corrected chi connectivity index (χ0v) is 16.4. The predicted molar refractivity (Wildman–Crippen MR) is 101 cm³/mol. The molecule has 0 atom stereocenters. The molecule has 33 heavy (non-hydrogen) atoms. The van der Waals surface area contributed by atoms with Gasteiger partial charge in [-0.3, -0.25) is 15.1 Å². The number of nitrogens with one attached hydrogen (secondary N) is 1. The summed E-state index contributed by atoms with van der Waals surface area (Å²) in [6, 6.07) is 6.86. The summed E-state index contributed by atoms with van der Waals surface area (Å²) in [6.07, 6.45) is -8.49. The third kappa shape index (κ3) is 8.40. The average molecular weight is 486 g/mol. The minimum absolute atomic E-state index is 0.113. The van der Waals surface area contributed by atoms with E-state index in [4.69, 9.17) is 19.8 Å². The molecule has 1 aromatic carbocycles. The van der Waals surface area contributed by atoms with Crippen molar-refractivity contribution in [3.05, 3.63) is 40.6 Å². The maximum atomic E-state index is 11.1. The number of anilines is 1. The molecule has 2 heterocycles. The number of nitrogens with zero attached hydrogens (tertiary/aromatic N) is 3. The van der Waals surface area contributed by atoms with Crippen LogP contribution in [-0.2, 0) is 9.59 Å². The number of nitro groups is 1. The Morgan fingerprint density at radius 3 is 1.91 bits per heavy atom. The molecule has 0 aliphatic carbocycles. The summed E-state index contributed by atoms with van der Waals surface area (Å²) in [5.74, 6) is -5.51. The van der Waals surface area contributed by atoms with E-state index in [0.717, 1.165) is 31.9 Å². The number of hydrogen-bond acceptors (Lipinski definition) is 7. The summed E-state index contributed by atoms with van der Waals surface area (Å²) in [7, 11) is 0. The highest BCUT2D eigenvalue weighted by Crippen LogP contribution is 2.32. The number of nitro benzene ring substituents is 1. The van der Waals surface area contributed by atoms with Gasteiger partial charge >= 0.3 is 24.3 Å². The SMILES string of the molecule is O=C(O)C(F)(F)F.O=C(O)C(F)(F)F.O=[N+]([O-])c1ccc(N2CCNCC2)c2ncccc12. The molecule has 0 radical (unpaired) electrons. The van der Waals surface area contributed by atoms with Crippen molar-refractivity contribution in [2.75, 3.05) is 31.1 Å². The second kappa shape index (κ2) is 11.3. The topological polar surface area (TPSA) is 146 Å². The summed E-state index contributed by atoms with van der Waals surface area (Å²) in [5.41, 5.74) is 1.79. The molecule has 2 aromatic rings. The van der Waals surface area contributed by atoms with Crippen LogP contribution in [-0.4, -0.2) is 70.6 Å². The molecule has 0 unspecified atom stereocenters. The number of fused-ring (bicyclic) bond motifs is 1. The average Bonchev–Trinajstić information content (AvgIpc) is 2.73. The van der Waals surface area contributed by atoms with Crippen LogP contribution in [0.4, 0.5) is 37.7 Å². The van der Waals surface area contributed by atoms with Crippen molar-refractivity contribution in [2.45, 2.75) is 12.4 Å². The van der Waals surface area contributed by atoms with E-state index in [1.807, 2.05) is 0 Å². The lowest BCUT2D eigenvalue weighted by molar-refractivity contribution is -0.383. The molecular formula is C17H16F6N4O6. The molecule has 182 valence electrons. The fourth-order valence-corrected chi connectivity index (χ4v) is 2.46. The zero-order valence-electron chi connectivity index (χ0n) is 16.4. The lowest BCUT2D eigenvalue weighted by Crippen LogP contribution is -2.43.